The van der Waals surface area contributed by atoms with Gasteiger partial charge >= 0.3 is 0 Å². The highest BCUT2D eigenvalue weighted by atomic mass is 16.2. The molecule has 144 valence electrons. The minimum atomic E-state index is -0.217. The summed E-state index contributed by atoms with van der Waals surface area (Å²) < 4.78 is 1.75. The number of fused-ring (bicyclic) bond motifs is 2. The van der Waals surface area contributed by atoms with Crippen molar-refractivity contribution in [3.63, 3.8) is 0 Å². The second-order valence-corrected chi connectivity index (χ2v) is 9.10. The van der Waals surface area contributed by atoms with Crippen LogP contribution >= 0.6 is 0 Å². The summed E-state index contributed by atoms with van der Waals surface area (Å²) in [6.45, 7) is 0.737. The number of hydrogen-bond acceptors (Lipinski definition) is 4. The van der Waals surface area contributed by atoms with Crippen LogP contribution in [0, 0.1) is 23.7 Å². The van der Waals surface area contributed by atoms with Crippen LogP contribution in [-0.2, 0) is 13.0 Å². The molecule has 2 heterocycles. The Hall–Kier alpha value is -2.50. The molecule has 1 aromatic heterocycles. The smallest absolute Gasteiger partial charge is 0.271 e. The van der Waals surface area contributed by atoms with Gasteiger partial charge in [0.25, 0.3) is 11.5 Å². The van der Waals surface area contributed by atoms with Crippen LogP contribution in [0.3, 0.4) is 0 Å². The molecule has 0 radical (unpaired) electrons. The monoisotopic (exact) mass is 376 g/mol. The highest BCUT2D eigenvalue weighted by Crippen LogP contribution is 2.52. The van der Waals surface area contributed by atoms with Gasteiger partial charge in [-0.2, -0.15) is 5.10 Å². The van der Waals surface area contributed by atoms with Gasteiger partial charge in [-0.15, -0.1) is 0 Å². The molecular weight excluding hydrogens is 352 g/mol. The van der Waals surface area contributed by atoms with Crippen molar-refractivity contribution < 1.29 is 4.79 Å². The van der Waals surface area contributed by atoms with Crippen LogP contribution in [0.25, 0.3) is 10.9 Å². The Morgan fingerprint density at radius 2 is 1.86 bits per heavy atom. The highest BCUT2D eigenvalue weighted by molar-refractivity contribution is 5.99. The van der Waals surface area contributed by atoms with Crippen molar-refractivity contribution in [2.24, 2.45) is 28.8 Å². The van der Waals surface area contributed by atoms with Crippen molar-refractivity contribution >= 4 is 22.5 Å². The third kappa shape index (κ3) is 2.46. The van der Waals surface area contributed by atoms with Gasteiger partial charge in [-0.3, -0.25) is 14.2 Å². The lowest BCUT2D eigenvalue weighted by Gasteiger charge is -2.50. The molecule has 0 unspecified atom stereocenters. The van der Waals surface area contributed by atoms with Crippen molar-refractivity contribution in [2.45, 2.75) is 51.5 Å². The van der Waals surface area contributed by atoms with E-state index in [9.17, 15) is 9.59 Å². The average molecular weight is 376 g/mol. The standard InChI is InChI=1S/C22H24N4O2/c27-21(25-24-20-15-7-12-6-13(9-15)10-16(20)8-12)14-3-4-17-18(11-14)23-19-2-1-5-26(19)22(17)28/h3-4,11-13,15-16H,1-2,5-10H2,(H,25,27). The van der Waals surface area contributed by atoms with E-state index < -0.39 is 0 Å². The average Bonchev–Trinajstić information content (AvgIpc) is 3.15. The molecule has 0 atom stereocenters. The molecule has 1 aliphatic heterocycles. The molecule has 4 aliphatic carbocycles. The van der Waals surface area contributed by atoms with Gasteiger partial charge in [0.1, 0.15) is 5.82 Å². The van der Waals surface area contributed by atoms with E-state index in [0.29, 0.717) is 28.3 Å². The van der Waals surface area contributed by atoms with Gasteiger partial charge in [0.15, 0.2) is 0 Å². The summed E-state index contributed by atoms with van der Waals surface area (Å²) in [5, 5.41) is 5.16. The number of carbonyl (C=O) groups is 1. The normalized spacial score (nSPS) is 29.9. The minimum Gasteiger partial charge on any atom is -0.296 e. The van der Waals surface area contributed by atoms with Gasteiger partial charge in [0.2, 0.25) is 0 Å². The molecule has 4 saturated carbocycles. The van der Waals surface area contributed by atoms with Crippen molar-refractivity contribution in [2.75, 3.05) is 0 Å². The molecule has 7 rings (SSSR count). The summed E-state index contributed by atoms with van der Waals surface area (Å²) in [5.74, 6) is 3.50. The SMILES string of the molecule is O=C(NN=C1C2CC3CC(C2)CC1C3)c1ccc2c(=O)n3c(nc2c1)CCC3. The van der Waals surface area contributed by atoms with Crippen molar-refractivity contribution in [1.29, 1.82) is 0 Å². The topological polar surface area (TPSA) is 76.3 Å². The van der Waals surface area contributed by atoms with Crippen molar-refractivity contribution in [1.82, 2.24) is 15.0 Å². The first-order valence-corrected chi connectivity index (χ1v) is 10.6. The zero-order valence-corrected chi connectivity index (χ0v) is 15.9. The maximum Gasteiger partial charge on any atom is 0.271 e. The Kier molecular flexibility index (Phi) is 3.52. The molecule has 1 amide bonds. The number of hydrogen-bond donors (Lipinski definition) is 1. The lowest BCUT2D eigenvalue weighted by atomic mass is 9.55. The summed E-state index contributed by atoms with van der Waals surface area (Å²) in [5.41, 5.74) is 5.13. The van der Waals surface area contributed by atoms with E-state index in [1.165, 1.54) is 37.8 Å². The summed E-state index contributed by atoms with van der Waals surface area (Å²) >= 11 is 0. The summed E-state index contributed by atoms with van der Waals surface area (Å²) in [6, 6.07) is 5.16. The first kappa shape index (κ1) is 16.5. The number of amides is 1. The molecule has 1 aromatic carbocycles. The van der Waals surface area contributed by atoms with E-state index >= 15 is 0 Å². The molecule has 0 spiro atoms. The number of nitrogens with one attached hydrogen (secondary N) is 1. The van der Waals surface area contributed by atoms with Gasteiger partial charge in [-0.05, 0) is 80.4 Å². The van der Waals surface area contributed by atoms with E-state index in [4.69, 9.17) is 0 Å². The van der Waals surface area contributed by atoms with Gasteiger partial charge in [-0.1, -0.05) is 0 Å². The van der Waals surface area contributed by atoms with Gasteiger partial charge in [0, 0.05) is 24.2 Å². The number of benzene rings is 1. The predicted molar refractivity (Wildman–Crippen MR) is 106 cm³/mol. The fourth-order valence-corrected chi connectivity index (χ4v) is 6.25. The molecule has 2 aromatic rings. The lowest BCUT2D eigenvalue weighted by Crippen LogP contribution is -2.46. The van der Waals surface area contributed by atoms with Crippen LogP contribution < -0.4 is 11.0 Å². The quantitative estimate of drug-likeness (QED) is 0.819. The van der Waals surface area contributed by atoms with Gasteiger partial charge in [-0.25, -0.2) is 10.4 Å². The molecule has 0 saturated heterocycles. The zero-order valence-electron chi connectivity index (χ0n) is 15.9. The summed E-state index contributed by atoms with van der Waals surface area (Å²) in [4.78, 5) is 29.9. The second-order valence-electron chi connectivity index (χ2n) is 9.10. The highest BCUT2D eigenvalue weighted by Gasteiger charge is 2.46. The van der Waals surface area contributed by atoms with E-state index in [1.807, 2.05) is 0 Å². The fraction of sp³-hybridized carbons (Fsp3) is 0.545. The maximum absolute atomic E-state index is 12.7. The number of aryl methyl sites for hydroxylation is 1. The second kappa shape index (κ2) is 6.00. The van der Waals surface area contributed by atoms with E-state index in [0.717, 1.165) is 37.0 Å². The first-order chi connectivity index (χ1) is 13.7. The Bertz CT molecular complexity index is 1050. The molecule has 28 heavy (non-hydrogen) atoms. The lowest BCUT2D eigenvalue weighted by molar-refractivity contribution is 0.0942. The van der Waals surface area contributed by atoms with Crippen molar-refractivity contribution in [3.8, 4) is 0 Å². The van der Waals surface area contributed by atoms with Crippen molar-refractivity contribution in [3.05, 3.63) is 39.9 Å². The maximum atomic E-state index is 12.7. The Morgan fingerprint density at radius 3 is 2.61 bits per heavy atom. The van der Waals surface area contributed by atoms with Gasteiger partial charge in [0.05, 0.1) is 10.9 Å². The molecule has 6 heteroatoms. The van der Waals surface area contributed by atoms with Crippen LogP contribution in [-0.4, -0.2) is 21.2 Å². The number of carbonyl (C=O) groups excluding carboxylic acids is 1. The Labute approximate surface area is 163 Å². The minimum absolute atomic E-state index is 0.00158. The first-order valence-electron chi connectivity index (χ1n) is 10.6. The van der Waals surface area contributed by atoms with E-state index in [1.54, 1.807) is 22.8 Å². The zero-order chi connectivity index (χ0) is 18.8. The fourth-order valence-electron chi connectivity index (χ4n) is 6.25. The van der Waals surface area contributed by atoms with Crippen LogP contribution in [0.15, 0.2) is 28.1 Å². The molecular formula is C22H24N4O2. The molecule has 4 fully saturated rings. The Balaban J connectivity index is 1.27. The molecule has 1 N–H and O–H groups in total. The molecule has 5 aliphatic rings. The Morgan fingerprint density at radius 1 is 1.11 bits per heavy atom. The van der Waals surface area contributed by atoms with Crippen LogP contribution in [0.5, 0.6) is 0 Å². The van der Waals surface area contributed by atoms with Crippen LogP contribution in [0.1, 0.15) is 54.7 Å². The third-order valence-electron chi connectivity index (χ3n) is 7.34. The van der Waals surface area contributed by atoms with E-state index in [-0.39, 0.29) is 11.5 Å². The largest absolute Gasteiger partial charge is 0.296 e. The third-order valence-corrected chi connectivity index (χ3v) is 7.34. The molecule has 4 bridgehead atoms. The number of rotatable bonds is 2. The van der Waals surface area contributed by atoms with Crippen LogP contribution in [0.2, 0.25) is 0 Å². The molecule has 6 nitrogen and oxygen atoms in total. The van der Waals surface area contributed by atoms with Gasteiger partial charge < -0.3 is 0 Å². The van der Waals surface area contributed by atoms with E-state index in [2.05, 4.69) is 15.5 Å². The number of hydrazone groups is 1. The summed E-state index contributed by atoms with van der Waals surface area (Å²) in [6.07, 6.45) is 8.16. The predicted octanol–water partition coefficient (Wildman–Crippen LogP) is 2.88. The van der Waals surface area contributed by atoms with Crippen LogP contribution in [0.4, 0.5) is 0 Å². The number of aromatic nitrogens is 2. The summed E-state index contributed by atoms with van der Waals surface area (Å²) in [7, 11) is 0. The number of nitrogens with zero attached hydrogens (tertiary/aromatic N) is 3.